The van der Waals surface area contributed by atoms with E-state index in [4.69, 9.17) is 5.73 Å². The third-order valence-electron chi connectivity index (χ3n) is 4.17. The van der Waals surface area contributed by atoms with E-state index >= 15 is 0 Å². The summed E-state index contributed by atoms with van der Waals surface area (Å²) in [4.78, 5) is 11.7. The van der Waals surface area contributed by atoms with Gasteiger partial charge in [-0.15, -0.1) is 0 Å². The van der Waals surface area contributed by atoms with Crippen LogP contribution in [-0.2, 0) is 4.79 Å². The molecule has 2 aliphatic carbocycles. The third kappa shape index (κ3) is 1.70. The minimum Gasteiger partial charge on any atom is -0.369 e. The molecule has 0 heterocycles. The van der Waals surface area contributed by atoms with Crippen molar-refractivity contribution < 1.29 is 4.79 Å². The van der Waals surface area contributed by atoms with E-state index in [1.165, 1.54) is 0 Å². The molecule has 2 heteroatoms. The predicted molar refractivity (Wildman–Crippen MR) is 61.1 cm³/mol. The Morgan fingerprint density at radius 3 is 2.67 bits per heavy atom. The average Bonchev–Trinajstić information content (AvgIpc) is 2.74. The highest BCUT2D eigenvalue weighted by molar-refractivity contribution is 5.82. The molecular formula is C13H21NO. The summed E-state index contributed by atoms with van der Waals surface area (Å²) in [5.41, 5.74) is 5.43. The van der Waals surface area contributed by atoms with Gasteiger partial charge >= 0.3 is 0 Å². The molecule has 84 valence electrons. The van der Waals surface area contributed by atoms with Crippen LogP contribution in [0, 0.1) is 23.2 Å². The Kier molecular flexibility index (Phi) is 2.61. The lowest BCUT2D eigenvalue weighted by Gasteiger charge is -2.33. The van der Waals surface area contributed by atoms with Crippen molar-refractivity contribution in [2.24, 2.45) is 28.9 Å². The molecule has 3 atom stereocenters. The van der Waals surface area contributed by atoms with Gasteiger partial charge in [-0.25, -0.2) is 0 Å². The van der Waals surface area contributed by atoms with Gasteiger partial charge in [0.15, 0.2) is 0 Å². The Labute approximate surface area is 91.9 Å². The van der Waals surface area contributed by atoms with E-state index < -0.39 is 0 Å². The maximum absolute atomic E-state index is 11.7. The number of rotatable bonds is 4. The predicted octanol–water partition coefficient (Wildman–Crippen LogP) is 2.49. The number of amides is 1. The lowest BCUT2D eigenvalue weighted by atomic mass is 9.71. The molecule has 0 spiro atoms. The third-order valence-corrected chi connectivity index (χ3v) is 4.17. The molecule has 1 fully saturated rings. The number of hydrogen-bond donors (Lipinski definition) is 1. The highest BCUT2D eigenvalue weighted by atomic mass is 16.1. The zero-order valence-corrected chi connectivity index (χ0v) is 9.70. The van der Waals surface area contributed by atoms with Gasteiger partial charge in [0.2, 0.25) is 5.91 Å². The van der Waals surface area contributed by atoms with Gasteiger partial charge in [-0.2, -0.15) is 0 Å². The molecule has 0 unspecified atom stereocenters. The van der Waals surface area contributed by atoms with E-state index in [1.807, 2.05) is 0 Å². The van der Waals surface area contributed by atoms with Crippen molar-refractivity contribution >= 4 is 5.91 Å². The topological polar surface area (TPSA) is 43.1 Å². The van der Waals surface area contributed by atoms with Crippen LogP contribution in [0.4, 0.5) is 0 Å². The smallest absolute Gasteiger partial charge is 0.224 e. The average molecular weight is 207 g/mol. The van der Waals surface area contributed by atoms with Gasteiger partial charge in [-0.05, 0) is 43.4 Å². The van der Waals surface area contributed by atoms with Crippen LogP contribution in [-0.4, -0.2) is 5.91 Å². The standard InChI is InChI=1S/C13H21NO/c1-9(2)5-6-13(12(14)15)8-10-3-4-11(13)7-10/h3-4,9-11H,5-8H2,1-2H3,(H2,14,15)/t10-,11-,13+/m0/s1. The Morgan fingerprint density at radius 2 is 2.27 bits per heavy atom. The second-order valence-corrected chi connectivity index (χ2v) is 5.64. The second-order valence-electron chi connectivity index (χ2n) is 5.64. The highest BCUT2D eigenvalue weighted by Crippen LogP contribution is 2.54. The zero-order chi connectivity index (χ0) is 11.1. The van der Waals surface area contributed by atoms with E-state index in [0.29, 0.717) is 17.8 Å². The van der Waals surface area contributed by atoms with Crippen LogP contribution in [0.25, 0.3) is 0 Å². The van der Waals surface area contributed by atoms with E-state index in [1.54, 1.807) is 0 Å². The molecule has 0 radical (unpaired) electrons. The zero-order valence-electron chi connectivity index (χ0n) is 9.70. The quantitative estimate of drug-likeness (QED) is 0.707. The van der Waals surface area contributed by atoms with Crippen LogP contribution in [0.3, 0.4) is 0 Å². The Hall–Kier alpha value is -0.790. The van der Waals surface area contributed by atoms with E-state index in [2.05, 4.69) is 26.0 Å². The van der Waals surface area contributed by atoms with Crippen molar-refractivity contribution in [3.8, 4) is 0 Å². The summed E-state index contributed by atoms with van der Waals surface area (Å²) in [5.74, 6) is 1.64. The molecule has 0 aromatic carbocycles. The molecule has 0 saturated heterocycles. The van der Waals surface area contributed by atoms with Crippen molar-refractivity contribution in [1.29, 1.82) is 0 Å². The maximum atomic E-state index is 11.7. The first-order chi connectivity index (χ1) is 7.04. The van der Waals surface area contributed by atoms with Gasteiger partial charge in [-0.3, -0.25) is 4.79 Å². The Morgan fingerprint density at radius 1 is 1.53 bits per heavy atom. The number of allylic oxidation sites excluding steroid dienone is 2. The summed E-state index contributed by atoms with van der Waals surface area (Å²) in [6, 6.07) is 0. The molecule has 2 N–H and O–H groups in total. The summed E-state index contributed by atoms with van der Waals surface area (Å²) < 4.78 is 0. The first-order valence-electron chi connectivity index (χ1n) is 6.03. The van der Waals surface area contributed by atoms with Crippen molar-refractivity contribution in [2.75, 3.05) is 0 Å². The molecule has 1 amide bonds. The van der Waals surface area contributed by atoms with Crippen molar-refractivity contribution in [1.82, 2.24) is 0 Å². The minimum atomic E-state index is -0.205. The molecular weight excluding hydrogens is 186 g/mol. The van der Waals surface area contributed by atoms with Crippen molar-refractivity contribution in [2.45, 2.75) is 39.5 Å². The van der Waals surface area contributed by atoms with Gasteiger partial charge in [0, 0.05) is 0 Å². The van der Waals surface area contributed by atoms with Gasteiger partial charge in [0.25, 0.3) is 0 Å². The van der Waals surface area contributed by atoms with E-state index in [9.17, 15) is 4.79 Å². The van der Waals surface area contributed by atoms with Crippen LogP contribution < -0.4 is 5.73 Å². The van der Waals surface area contributed by atoms with Crippen LogP contribution in [0.1, 0.15) is 39.5 Å². The fourth-order valence-electron chi connectivity index (χ4n) is 3.20. The second kappa shape index (κ2) is 3.66. The lowest BCUT2D eigenvalue weighted by molar-refractivity contribution is -0.129. The van der Waals surface area contributed by atoms with Gasteiger partial charge in [0.1, 0.15) is 0 Å². The van der Waals surface area contributed by atoms with E-state index in [-0.39, 0.29) is 11.3 Å². The summed E-state index contributed by atoms with van der Waals surface area (Å²) in [6.07, 6.45) is 8.73. The molecule has 0 aromatic heterocycles. The first-order valence-corrected chi connectivity index (χ1v) is 6.03. The molecule has 1 saturated carbocycles. The minimum absolute atomic E-state index is 0.0694. The van der Waals surface area contributed by atoms with Crippen LogP contribution in [0.2, 0.25) is 0 Å². The van der Waals surface area contributed by atoms with Gasteiger partial charge in [-0.1, -0.05) is 26.0 Å². The first kappa shape index (κ1) is 10.7. The van der Waals surface area contributed by atoms with Crippen LogP contribution in [0.5, 0.6) is 0 Å². The normalized spacial score (nSPS) is 37.8. The molecule has 0 aliphatic heterocycles. The van der Waals surface area contributed by atoms with Crippen molar-refractivity contribution in [3.63, 3.8) is 0 Å². The summed E-state index contributed by atoms with van der Waals surface area (Å²) in [5, 5.41) is 0. The van der Waals surface area contributed by atoms with E-state index in [0.717, 1.165) is 25.7 Å². The molecule has 2 bridgehead atoms. The molecule has 2 rings (SSSR count). The largest absolute Gasteiger partial charge is 0.369 e. The summed E-state index contributed by atoms with van der Waals surface area (Å²) in [6.45, 7) is 4.41. The fourth-order valence-corrected chi connectivity index (χ4v) is 3.20. The number of carbonyl (C=O) groups is 1. The Bertz CT molecular complexity index is 295. The highest BCUT2D eigenvalue weighted by Gasteiger charge is 2.51. The number of carbonyl (C=O) groups excluding carboxylic acids is 1. The molecule has 15 heavy (non-hydrogen) atoms. The van der Waals surface area contributed by atoms with Crippen molar-refractivity contribution in [3.05, 3.63) is 12.2 Å². The lowest BCUT2D eigenvalue weighted by Crippen LogP contribution is -2.40. The Balaban J connectivity index is 2.12. The van der Waals surface area contributed by atoms with Crippen LogP contribution in [0.15, 0.2) is 12.2 Å². The number of fused-ring (bicyclic) bond motifs is 2. The number of primary amides is 1. The number of nitrogens with two attached hydrogens (primary N) is 1. The van der Waals surface area contributed by atoms with Crippen LogP contribution >= 0.6 is 0 Å². The van der Waals surface area contributed by atoms with Gasteiger partial charge < -0.3 is 5.73 Å². The fraction of sp³-hybridized carbons (Fsp3) is 0.769. The molecule has 0 aromatic rings. The SMILES string of the molecule is CC(C)CC[C@@]1(C(N)=O)C[C@H]2C=C[C@H]1C2. The summed E-state index contributed by atoms with van der Waals surface area (Å²) in [7, 11) is 0. The van der Waals surface area contributed by atoms with Gasteiger partial charge in [0.05, 0.1) is 5.41 Å². The maximum Gasteiger partial charge on any atom is 0.224 e. The molecule has 2 nitrogen and oxygen atoms in total. The molecule has 2 aliphatic rings. The summed E-state index contributed by atoms with van der Waals surface area (Å²) >= 11 is 0. The number of hydrogen-bond acceptors (Lipinski definition) is 1. The monoisotopic (exact) mass is 207 g/mol.